The molecule has 0 aliphatic heterocycles. The fourth-order valence-corrected chi connectivity index (χ4v) is 4.57. The number of fused-ring (bicyclic) bond motifs is 1. The van der Waals surface area contributed by atoms with Gasteiger partial charge in [0.05, 0.1) is 21.9 Å². The third-order valence-corrected chi connectivity index (χ3v) is 6.24. The number of anilines is 2. The molecule has 2 aromatic carbocycles. The lowest BCUT2D eigenvalue weighted by atomic mass is 10.1. The van der Waals surface area contributed by atoms with Crippen LogP contribution in [0.4, 0.5) is 16.0 Å². The zero-order valence-corrected chi connectivity index (χ0v) is 21.8. The van der Waals surface area contributed by atoms with Crippen molar-refractivity contribution in [2.75, 3.05) is 5.32 Å². The van der Waals surface area contributed by atoms with Crippen LogP contribution in [0.3, 0.4) is 0 Å². The van der Waals surface area contributed by atoms with E-state index in [4.69, 9.17) is 27.9 Å². The van der Waals surface area contributed by atoms with Crippen molar-refractivity contribution in [2.45, 2.75) is 33.4 Å². The smallest absolute Gasteiger partial charge is 0.227 e. The molecule has 5 aromatic rings. The molecule has 7 nitrogen and oxygen atoms in total. The lowest BCUT2D eigenvalue weighted by molar-refractivity contribution is 0.301. The first-order chi connectivity index (χ1) is 17.8. The second-order valence-electron chi connectivity index (χ2n) is 8.72. The summed E-state index contributed by atoms with van der Waals surface area (Å²) in [6.07, 6.45) is 1.62. The van der Waals surface area contributed by atoms with Gasteiger partial charge in [0, 0.05) is 23.5 Å². The van der Waals surface area contributed by atoms with Gasteiger partial charge in [0.25, 0.3) is 0 Å². The van der Waals surface area contributed by atoms with E-state index in [9.17, 15) is 4.39 Å². The highest BCUT2D eigenvalue weighted by molar-refractivity contribution is 6.32. The molecule has 0 saturated carbocycles. The van der Waals surface area contributed by atoms with Gasteiger partial charge in [0.2, 0.25) is 5.95 Å². The van der Waals surface area contributed by atoms with Crippen molar-refractivity contribution in [1.82, 2.24) is 24.5 Å². The molecule has 0 spiro atoms. The standard InChI is InChI=1S/C27H23Cl2FN6O/c1-15(2)36-16(3)32-26-21(30)11-17(12-23(26)36)22-9-10-31-27(35-22)34-18-7-8-24(20(28)13-18)37-14-19-5-4-6-25(29)33-19/h4-13,15H,14H2,1-3H3,(H,31,34,35). The van der Waals surface area contributed by atoms with Crippen LogP contribution in [-0.2, 0) is 6.61 Å². The van der Waals surface area contributed by atoms with Crippen molar-refractivity contribution in [3.05, 3.63) is 88.3 Å². The van der Waals surface area contributed by atoms with E-state index in [1.54, 1.807) is 36.5 Å². The monoisotopic (exact) mass is 536 g/mol. The highest BCUT2D eigenvalue weighted by Crippen LogP contribution is 2.31. The molecule has 37 heavy (non-hydrogen) atoms. The molecule has 0 atom stereocenters. The zero-order valence-electron chi connectivity index (χ0n) is 20.3. The molecule has 0 unspecified atom stereocenters. The Bertz CT molecular complexity index is 1600. The molecule has 0 fully saturated rings. The number of nitrogens with zero attached hydrogens (tertiary/aromatic N) is 5. The van der Waals surface area contributed by atoms with Crippen LogP contribution in [0.2, 0.25) is 10.2 Å². The first-order valence-corrected chi connectivity index (χ1v) is 12.4. The summed E-state index contributed by atoms with van der Waals surface area (Å²) in [7, 11) is 0. The summed E-state index contributed by atoms with van der Waals surface area (Å²) in [6.45, 7) is 6.19. The van der Waals surface area contributed by atoms with E-state index in [1.807, 2.05) is 43.5 Å². The SMILES string of the molecule is Cc1nc2c(F)cc(-c3ccnc(Nc4ccc(OCc5cccc(Cl)n5)c(Cl)c4)n3)cc2n1C(C)C. The van der Waals surface area contributed by atoms with Gasteiger partial charge in [0.1, 0.15) is 28.9 Å². The Morgan fingerprint density at radius 2 is 1.86 bits per heavy atom. The van der Waals surface area contributed by atoms with Crippen molar-refractivity contribution < 1.29 is 9.13 Å². The van der Waals surface area contributed by atoms with Crippen molar-refractivity contribution in [3.63, 3.8) is 0 Å². The van der Waals surface area contributed by atoms with Gasteiger partial charge in [0.15, 0.2) is 5.82 Å². The molecule has 0 bridgehead atoms. The number of hydrogen-bond donors (Lipinski definition) is 1. The summed E-state index contributed by atoms with van der Waals surface area (Å²) in [6, 6.07) is 15.8. The maximum absolute atomic E-state index is 14.9. The van der Waals surface area contributed by atoms with Crippen LogP contribution in [0.25, 0.3) is 22.3 Å². The van der Waals surface area contributed by atoms with Crippen molar-refractivity contribution in [3.8, 4) is 17.0 Å². The number of ether oxygens (including phenoxy) is 1. The predicted molar refractivity (Wildman–Crippen MR) is 144 cm³/mol. The number of aromatic nitrogens is 5. The van der Waals surface area contributed by atoms with Crippen molar-refractivity contribution in [2.24, 2.45) is 0 Å². The molecule has 3 heterocycles. The molecule has 188 valence electrons. The van der Waals surface area contributed by atoms with E-state index >= 15 is 0 Å². The summed E-state index contributed by atoms with van der Waals surface area (Å²) in [4.78, 5) is 17.5. The van der Waals surface area contributed by atoms with E-state index in [2.05, 4.69) is 25.3 Å². The molecule has 3 aromatic heterocycles. The number of halogens is 3. The largest absolute Gasteiger partial charge is 0.486 e. The minimum atomic E-state index is -0.390. The molecule has 0 aliphatic rings. The van der Waals surface area contributed by atoms with Gasteiger partial charge in [-0.25, -0.2) is 24.3 Å². The van der Waals surface area contributed by atoms with Gasteiger partial charge < -0.3 is 14.6 Å². The predicted octanol–water partition coefficient (Wildman–Crippen LogP) is 7.55. The fourth-order valence-electron chi connectivity index (χ4n) is 4.16. The number of hydrogen-bond acceptors (Lipinski definition) is 6. The maximum atomic E-state index is 14.9. The molecule has 0 radical (unpaired) electrons. The number of nitrogens with one attached hydrogen (secondary N) is 1. The number of rotatable bonds is 7. The van der Waals surface area contributed by atoms with Crippen LogP contribution < -0.4 is 10.1 Å². The highest BCUT2D eigenvalue weighted by atomic mass is 35.5. The van der Waals surface area contributed by atoms with Gasteiger partial charge in [-0.2, -0.15) is 0 Å². The molecule has 0 saturated heterocycles. The summed E-state index contributed by atoms with van der Waals surface area (Å²) in [5, 5.41) is 3.96. The summed E-state index contributed by atoms with van der Waals surface area (Å²) in [5.74, 6) is 1.22. The van der Waals surface area contributed by atoms with Gasteiger partial charge in [-0.05, 0) is 69.3 Å². The Kier molecular flexibility index (Phi) is 6.95. The Balaban J connectivity index is 1.36. The van der Waals surface area contributed by atoms with Gasteiger partial charge in [-0.1, -0.05) is 29.3 Å². The molecule has 5 rings (SSSR count). The van der Waals surface area contributed by atoms with Crippen LogP contribution >= 0.6 is 23.2 Å². The van der Waals surface area contributed by atoms with E-state index in [1.165, 1.54) is 6.07 Å². The lowest BCUT2D eigenvalue weighted by Crippen LogP contribution is -2.03. The molecule has 0 amide bonds. The Morgan fingerprint density at radius 3 is 2.62 bits per heavy atom. The summed E-state index contributed by atoms with van der Waals surface area (Å²) >= 11 is 12.4. The highest BCUT2D eigenvalue weighted by Gasteiger charge is 2.16. The van der Waals surface area contributed by atoms with Crippen LogP contribution in [0.5, 0.6) is 5.75 Å². The van der Waals surface area contributed by atoms with E-state index in [0.717, 1.165) is 11.3 Å². The number of imidazole rings is 1. The molecule has 1 N–H and O–H groups in total. The minimum Gasteiger partial charge on any atom is -0.486 e. The molecular formula is C27H23Cl2FN6O. The van der Waals surface area contributed by atoms with Crippen LogP contribution in [-0.4, -0.2) is 24.5 Å². The second-order valence-corrected chi connectivity index (χ2v) is 9.52. The van der Waals surface area contributed by atoms with Gasteiger partial charge in [-0.3, -0.25) is 0 Å². The first kappa shape index (κ1) is 24.9. The number of benzene rings is 2. The van der Waals surface area contributed by atoms with Crippen molar-refractivity contribution in [1.29, 1.82) is 0 Å². The quantitative estimate of drug-likeness (QED) is 0.216. The van der Waals surface area contributed by atoms with Crippen LogP contribution in [0.15, 0.2) is 60.8 Å². The fraction of sp³-hybridized carbons (Fsp3) is 0.185. The third-order valence-electron chi connectivity index (χ3n) is 5.73. The van der Waals surface area contributed by atoms with Crippen LogP contribution in [0, 0.1) is 12.7 Å². The topological polar surface area (TPSA) is 77.8 Å². The molecule has 0 aliphatic carbocycles. The minimum absolute atomic E-state index is 0.140. The average molecular weight is 537 g/mol. The number of pyridine rings is 1. The number of aryl methyl sites for hydroxylation is 1. The molecular weight excluding hydrogens is 514 g/mol. The Morgan fingerprint density at radius 1 is 1.03 bits per heavy atom. The van der Waals surface area contributed by atoms with E-state index in [0.29, 0.717) is 50.0 Å². The summed E-state index contributed by atoms with van der Waals surface area (Å²) < 4.78 is 22.7. The summed E-state index contributed by atoms with van der Waals surface area (Å²) in [5.41, 5.74) is 3.65. The first-order valence-electron chi connectivity index (χ1n) is 11.6. The van der Waals surface area contributed by atoms with E-state index < -0.39 is 5.82 Å². The average Bonchev–Trinajstić information content (AvgIpc) is 3.20. The van der Waals surface area contributed by atoms with Crippen molar-refractivity contribution >= 4 is 45.9 Å². The second kappa shape index (κ2) is 10.3. The van der Waals surface area contributed by atoms with Gasteiger partial charge in [-0.15, -0.1) is 0 Å². The molecule has 10 heteroatoms. The zero-order chi connectivity index (χ0) is 26.1. The lowest BCUT2D eigenvalue weighted by Gasteiger charge is -2.12. The maximum Gasteiger partial charge on any atom is 0.227 e. The Hall–Kier alpha value is -3.75. The van der Waals surface area contributed by atoms with Gasteiger partial charge >= 0.3 is 0 Å². The normalized spacial score (nSPS) is 11.3. The van der Waals surface area contributed by atoms with E-state index in [-0.39, 0.29) is 12.6 Å². The Labute approximate surface area is 223 Å². The van der Waals surface area contributed by atoms with Crippen LogP contribution in [0.1, 0.15) is 31.4 Å². The third kappa shape index (κ3) is 5.35.